The Morgan fingerprint density at radius 2 is 2.09 bits per heavy atom. The number of allylic oxidation sites excluding steroid dienone is 2. The van der Waals surface area contributed by atoms with Gasteiger partial charge in [-0.1, -0.05) is 0 Å². The van der Waals surface area contributed by atoms with Gasteiger partial charge in [0.15, 0.2) is 6.29 Å². The summed E-state index contributed by atoms with van der Waals surface area (Å²) >= 11 is 1.01. The Kier molecular flexibility index (Phi) is 6.57. The molecule has 0 radical (unpaired) electrons. The Morgan fingerprint density at radius 3 is 2.77 bits per heavy atom. The molecule has 1 aliphatic heterocycles. The zero-order valence-electron chi connectivity index (χ0n) is 19.4. The van der Waals surface area contributed by atoms with Crippen molar-refractivity contribution >= 4 is 77.9 Å². The molecule has 3 aromatic heterocycles. The standard InChI is InChI=1S/C25H19N3O3S2.CH3.In/c1-4-5-6-22(30)28-18-8-7-15(10-19(18)31-3)17-13-32-24-16(11-27-25(26)23(17)24)20-9-14(2)21(12-29)33-20;;/h1,4-5,7-13H,2-3H3,(H2,26,27)(H,28,30);1H3;. The van der Waals surface area contributed by atoms with Gasteiger partial charge < -0.3 is 0 Å². The molecule has 1 aromatic carbocycles. The van der Waals surface area contributed by atoms with Gasteiger partial charge in [-0.3, -0.25) is 4.79 Å². The van der Waals surface area contributed by atoms with Crippen LogP contribution in [-0.4, -0.2) is 45.7 Å². The van der Waals surface area contributed by atoms with Crippen LogP contribution in [0.3, 0.4) is 0 Å². The van der Waals surface area contributed by atoms with Gasteiger partial charge in [0.25, 0.3) is 0 Å². The van der Waals surface area contributed by atoms with Gasteiger partial charge in [-0.25, -0.2) is 0 Å². The molecule has 0 aliphatic carbocycles. The van der Waals surface area contributed by atoms with E-state index in [2.05, 4.69) is 24.2 Å². The van der Waals surface area contributed by atoms with Crippen LogP contribution in [0.5, 0.6) is 5.75 Å². The van der Waals surface area contributed by atoms with Crippen molar-refractivity contribution in [2.45, 2.75) is 11.6 Å². The summed E-state index contributed by atoms with van der Waals surface area (Å²) in [6, 6.07) is 7.75. The summed E-state index contributed by atoms with van der Waals surface area (Å²) in [7, 11) is 1.59. The van der Waals surface area contributed by atoms with Crippen molar-refractivity contribution in [2.75, 3.05) is 18.2 Å². The number of carbonyl (C=O) groups is 2. The third kappa shape index (κ3) is 4.32. The zero-order chi connectivity index (χ0) is 24.7. The first-order valence-electron chi connectivity index (χ1n) is 11.0. The monoisotopic (exact) mass is 603 g/mol. The molecule has 0 unspecified atom stereocenters. The topological polar surface area (TPSA) is 94.3 Å². The van der Waals surface area contributed by atoms with Crippen molar-refractivity contribution in [3.63, 3.8) is 0 Å². The van der Waals surface area contributed by atoms with Crippen LogP contribution in [0.1, 0.15) is 15.2 Å². The van der Waals surface area contributed by atoms with Crippen LogP contribution in [0.2, 0.25) is 4.68 Å². The van der Waals surface area contributed by atoms with E-state index in [1.54, 1.807) is 24.6 Å². The molecule has 0 saturated heterocycles. The molecule has 0 spiro atoms. The number of anilines is 2. The number of nitrogen functional groups attached to an aromatic ring is 1. The van der Waals surface area contributed by atoms with E-state index < -0.39 is 21.4 Å². The normalized spacial score (nSPS) is 12.8. The second kappa shape index (κ2) is 9.64. The minimum atomic E-state index is -2.03. The Bertz CT molecular complexity index is 1550. The molecule has 3 N–H and O–H groups in total. The molecule has 0 fully saturated rings. The van der Waals surface area contributed by atoms with Crippen molar-refractivity contribution in [2.24, 2.45) is 0 Å². The molecule has 1 aliphatic rings. The molecule has 1 amide bonds. The molecule has 0 bridgehead atoms. The van der Waals surface area contributed by atoms with E-state index in [-0.39, 0.29) is 5.91 Å². The number of pyridine rings is 1. The average Bonchev–Trinajstić information content (AvgIpc) is 3.58. The second-order valence-electron chi connectivity index (χ2n) is 8.35. The Balaban J connectivity index is 1.54. The van der Waals surface area contributed by atoms with Gasteiger partial charge in [0.1, 0.15) is 0 Å². The van der Waals surface area contributed by atoms with E-state index in [4.69, 9.17) is 10.5 Å². The number of ether oxygens (including phenoxy) is 1. The van der Waals surface area contributed by atoms with E-state index in [9.17, 15) is 9.59 Å². The van der Waals surface area contributed by atoms with Crippen LogP contribution in [0.4, 0.5) is 11.5 Å². The SMILES string of the molecule is COc1cc(-c2csc3c(-c4cc(C)c(C=O)s4)cnc(N)c23)ccc1NC(=O)[C]1=CC=[CH][In]1[CH3]. The van der Waals surface area contributed by atoms with E-state index in [0.717, 1.165) is 46.8 Å². The number of nitrogens with two attached hydrogens (primary N) is 1. The van der Waals surface area contributed by atoms with Crippen LogP contribution in [0.25, 0.3) is 31.7 Å². The number of nitrogens with zero attached hydrogens (tertiary/aromatic N) is 1. The van der Waals surface area contributed by atoms with Gasteiger partial charge in [0.2, 0.25) is 0 Å². The van der Waals surface area contributed by atoms with E-state index in [1.165, 1.54) is 11.3 Å². The van der Waals surface area contributed by atoms with Crippen molar-refractivity contribution < 1.29 is 14.3 Å². The molecule has 0 saturated carbocycles. The number of hydrogen-bond donors (Lipinski definition) is 2. The van der Waals surface area contributed by atoms with Gasteiger partial charge in [-0.15, -0.1) is 11.3 Å². The van der Waals surface area contributed by atoms with Crippen LogP contribution < -0.4 is 15.8 Å². The summed E-state index contributed by atoms with van der Waals surface area (Å²) in [4.78, 5) is 30.3. The Hall–Kier alpha value is -2.88. The number of methoxy groups -OCH3 is 1. The second-order valence-corrected chi connectivity index (χ2v) is 17.7. The van der Waals surface area contributed by atoms with Crippen molar-refractivity contribution in [1.29, 1.82) is 0 Å². The first-order chi connectivity index (χ1) is 16.9. The van der Waals surface area contributed by atoms with Gasteiger partial charge >= 0.3 is 174 Å². The molecule has 4 aromatic rings. The fourth-order valence-electron chi connectivity index (χ4n) is 4.22. The summed E-state index contributed by atoms with van der Waals surface area (Å²) in [5, 5.41) is 5.95. The summed E-state index contributed by atoms with van der Waals surface area (Å²) < 4.78 is 12.0. The molecule has 4 heterocycles. The average molecular weight is 603 g/mol. The fraction of sp³-hybridized carbons (Fsp3) is 0.115. The molecule has 6 nitrogen and oxygen atoms in total. The first-order valence-corrected chi connectivity index (χ1v) is 19.5. The minimum absolute atomic E-state index is 0.0515. The summed E-state index contributed by atoms with van der Waals surface area (Å²) in [6.45, 7) is 1.93. The number of aldehydes is 1. The summed E-state index contributed by atoms with van der Waals surface area (Å²) in [5.41, 5.74) is 10.8. The number of carbonyl (C=O) groups excluding carboxylic acids is 2. The van der Waals surface area contributed by atoms with E-state index in [1.807, 2.05) is 43.3 Å². The van der Waals surface area contributed by atoms with Gasteiger partial charge in [-0.05, 0) is 18.6 Å². The van der Waals surface area contributed by atoms with Crippen molar-refractivity contribution in [3.8, 4) is 27.3 Å². The number of aryl methyl sites for hydroxylation is 1. The first kappa shape index (κ1) is 23.8. The number of fused-ring (bicyclic) bond motifs is 1. The predicted molar refractivity (Wildman–Crippen MR) is 147 cm³/mol. The number of aromatic nitrogens is 1. The zero-order valence-corrected chi connectivity index (χ0v) is 24.3. The number of thiophene rings is 2. The predicted octanol–water partition coefficient (Wildman–Crippen LogP) is 6.04. The van der Waals surface area contributed by atoms with Crippen LogP contribution in [0.15, 0.2) is 55.2 Å². The summed E-state index contributed by atoms with van der Waals surface area (Å²) in [5.74, 6) is 0.976. The van der Waals surface area contributed by atoms with Crippen LogP contribution in [0, 0.1) is 6.92 Å². The number of nitrogens with one attached hydrogen (secondary N) is 1. The number of rotatable bonds is 6. The quantitative estimate of drug-likeness (QED) is 0.262. The third-order valence-corrected chi connectivity index (χ3v) is 14.7. The number of amides is 1. The Labute approximate surface area is 218 Å². The van der Waals surface area contributed by atoms with Crippen molar-refractivity contribution in [1.82, 2.24) is 4.98 Å². The molecule has 5 rings (SSSR count). The number of hydrogen-bond acceptors (Lipinski definition) is 7. The van der Waals surface area contributed by atoms with Crippen LogP contribution >= 0.6 is 22.7 Å². The van der Waals surface area contributed by atoms with Gasteiger partial charge in [0, 0.05) is 0 Å². The molecular formula is C26H22InN3O3S2. The number of benzene rings is 1. The Morgan fingerprint density at radius 1 is 1.26 bits per heavy atom. The van der Waals surface area contributed by atoms with Crippen molar-refractivity contribution in [3.05, 3.63) is 65.6 Å². The van der Waals surface area contributed by atoms with Crippen LogP contribution in [-0.2, 0) is 4.79 Å². The molecule has 174 valence electrons. The maximum atomic E-state index is 12.8. The maximum absolute atomic E-state index is 12.8. The molecule has 0 atom stereocenters. The van der Waals surface area contributed by atoms with E-state index >= 15 is 0 Å². The fourth-order valence-corrected chi connectivity index (χ4v) is 10.8. The molecular weight excluding hydrogens is 581 g/mol. The van der Waals surface area contributed by atoms with Gasteiger partial charge in [-0.2, -0.15) is 0 Å². The van der Waals surface area contributed by atoms with Gasteiger partial charge in [0.05, 0.1) is 4.88 Å². The molecule has 35 heavy (non-hydrogen) atoms. The van der Waals surface area contributed by atoms with E-state index in [0.29, 0.717) is 22.1 Å². The molecule has 9 heteroatoms. The third-order valence-electron chi connectivity index (χ3n) is 6.14. The summed E-state index contributed by atoms with van der Waals surface area (Å²) in [6.07, 6.45) is 6.58.